The smallest absolute Gasteiger partial charge is 0.257 e. The van der Waals surface area contributed by atoms with Crippen molar-refractivity contribution in [2.45, 2.75) is 0 Å². The lowest BCUT2D eigenvalue weighted by Crippen LogP contribution is -2.28. The second-order valence-corrected chi connectivity index (χ2v) is 6.15. The quantitative estimate of drug-likeness (QED) is 0.593. The first-order valence-corrected chi connectivity index (χ1v) is 8.44. The van der Waals surface area contributed by atoms with E-state index in [-0.39, 0.29) is 5.91 Å². The molecule has 0 aromatic heterocycles. The van der Waals surface area contributed by atoms with E-state index >= 15 is 0 Å². The Morgan fingerprint density at radius 3 is 2.48 bits per heavy atom. The lowest BCUT2D eigenvalue weighted by atomic mass is 10.2. The fourth-order valence-electron chi connectivity index (χ4n) is 1.55. The largest absolute Gasteiger partial charge is 0.301 e. The van der Waals surface area contributed by atoms with Gasteiger partial charge in [-0.15, -0.1) is 0 Å². The third-order valence-corrected chi connectivity index (χ3v) is 4.02. The molecule has 21 heavy (non-hydrogen) atoms. The Balaban J connectivity index is 2.17. The van der Waals surface area contributed by atoms with Gasteiger partial charge in [0.25, 0.3) is 5.91 Å². The highest BCUT2D eigenvalue weighted by Gasteiger charge is 2.09. The van der Waals surface area contributed by atoms with Crippen molar-refractivity contribution in [2.75, 3.05) is 6.26 Å². The second kappa shape index (κ2) is 7.64. The first-order chi connectivity index (χ1) is 10.1. The number of rotatable bonds is 2. The van der Waals surface area contributed by atoms with E-state index in [9.17, 15) is 4.79 Å². The zero-order chi connectivity index (χ0) is 15.2. The Hall–Kier alpha value is -1.30. The Morgan fingerprint density at radius 2 is 1.86 bits per heavy atom. The van der Waals surface area contributed by atoms with E-state index < -0.39 is 0 Å². The number of nitrogens with zero attached hydrogens (tertiary/aromatic N) is 1. The topological polar surface area (TPSA) is 41.5 Å². The SMILES string of the molecule is CSC(=Nc1ccccc1Cl)NC(=O)c1ccc(Br)cc1. The number of thioether (sulfide) groups is 1. The first-order valence-electron chi connectivity index (χ1n) is 6.04. The van der Waals surface area contributed by atoms with E-state index in [1.54, 1.807) is 24.3 Å². The summed E-state index contributed by atoms with van der Waals surface area (Å²) in [5.74, 6) is -0.206. The van der Waals surface area contributed by atoms with Crippen LogP contribution in [0.25, 0.3) is 0 Å². The summed E-state index contributed by atoms with van der Waals surface area (Å²) in [4.78, 5) is 16.5. The molecule has 0 unspecified atom stereocenters. The van der Waals surface area contributed by atoms with Gasteiger partial charge >= 0.3 is 0 Å². The third-order valence-electron chi connectivity index (χ3n) is 2.59. The molecule has 0 saturated heterocycles. The minimum absolute atomic E-state index is 0.206. The highest BCUT2D eigenvalue weighted by molar-refractivity contribution is 9.10. The van der Waals surface area contributed by atoms with Crippen LogP contribution in [0.5, 0.6) is 0 Å². The van der Waals surface area contributed by atoms with Crippen LogP contribution in [0, 0.1) is 0 Å². The molecule has 0 radical (unpaired) electrons. The van der Waals surface area contributed by atoms with Gasteiger partial charge in [0.1, 0.15) is 0 Å². The summed E-state index contributed by atoms with van der Waals surface area (Å²) in [6, 6.07) is 14.4. The minimum atomic E-state index is -0.206. The van der Waals surface area contributed by atoms with Crippen molar-refractivity contribution in [1.29, 1.82) is 0 Å². The normalized spacial score (nSPS) is 11.3. The molecule has 0 fully saturated rings. The second-order valence-electron chi connectivity index (χ2n) is 4.03. The van der Waals surface area contributed by atoms with Gasteiger partial charge in [0.15, 0.2) is 5.17 Å². The monoisotopic (exact) mass is 382 g/mol. The van der Waals surface area contributed by atoms with E-state index in [1.807, 2.05) is 30.5 Å². The van der Waals surface area contributed by atoms with Gasteiger partial charge < -0.3 is 5.32 Å². The number of halogens is 2. The van der Waals surface area contributed by atoms with Gasteiger partial charge in [0.2, 0.25) is 0 Å². The average Bonchev–Trinajstić information content (AvgIpc) is 2.49. The number of amidine groups is 1. The summed E-state index contributed by atoms with van der Waals surface area (Å²) >= 11 is 10.7. The van der Waals surface area contributed by atoms with Crippen LogP contribution in [0.1, 0.15) is 10.4 Å². The molecule has 2 rings (SSSR count). The summed E-state index contributed by atoms with van der Waals surface area (Å²) in [5, 5.41) is 3.82. The fraction of sp³-hybridized carbons (Fsp3) is 0.0667. The van der Waals surface area contributed by atoms with Crippen LogP contribution in [0.15, 0.2) is 58.0 Å². The number of amides is 1. The van der Waals surface area contributed by atoms with Crippen molar-refractivity contribution in [2.24, 2.45) is 4.99 Å². The third kappa shape index (κ3) is 4.59. The molecule has 0 heterocycles. The maximum absolute atomic E-state index is 12.1. The van der Waals surface area contributed by atoms with E-state index in [4.69, 9.17) is 11.6 Å². The molecule has 0 bridgehead atoms. The zero-order valence-corrected chi connectivity index (χ0v) is 14.3. The van der Waals surface area contributed by atoms with E-state index in [0.29, 0.717) is 21.4 Å². The van der Waals surface area contributed by atoms with Crippen LogP contribution >= 0.6 is 39.3 Å². The average molecular weight is 384 g/mol. The van der Waals surface area contributed by atoms with E-state index in [1.165, 1.54) is 11.8 Å². The molecule has 0 atom stereocenters. The molecular weight excluding hydrogens is 372 g/mol. The predicted octanol–water partition coefficient (Wildman–Crippen LogP) is 4.88. The molecule has 2 aromatic carbocycles. The summed E-state index contributed by atoms with van der Waals surface area (Å²) in [6.07, 6.45) is 1.84. The molecule has 0 aliphatic heterocycles. The number of para-hydroxylation sites is 1. The van der Waals surface area contributed by atoms with Crippen molar-refractivity contribution < 1.29 is 4.79 Å². The number of carbonyl (C=O) groups excluding carboxylic acids is 1. The van der Waals surface area contributed by atoms with Crippen molar-refractivity contribution in [3.8, 4) is 0 Å². The number of aliphatic imine (C=N–C) groups is 1. The number of benzene rings is 2. The lowest BCUT2D eigenvalue weighted by molar-refractivity contribution is 0.0978. The van der Waals surface area contributed by atoms with Crippen molar-refractivity contribution >= 4 is 56.1 Å². The van der Waals surface area contributed by atoms with Gasteiger partial charge in [0, 0.05) is 10.0 Å². The van der Waals surface area contributed by atoms with Gasteiger partial charge in [-0.25, -0.2) is 4.99 Å². The number of hydrogen-bond acceptors (Lipinski definition) is 3. The molecule has 3 nitrogen and oxygen atoms in total. The molecule has 6 heteroatoms. The zero-order valence-electron chi connectivity index (χ0n) is 11.1. The first kappa shape index (κ1) is 16.1. The van der Waals surface area contributed by atoms with Crippen molar-refractivity contribution in [3.63, 3.8) is 0 Å². The standard InChI is InChI=1S/C15H12BrClN2OS/c1-21-15(18-13-5-3-2-4-12(13)17)19-14(20)10-6-8-11(16)9-7-10/h2-9H,1H3,(H,18,19,20). The van der Waals surface area contributed by atoms with Gasteiger partial charge in [-0.05, 0) is 42.7 Å². The molecule has 0 aliphatic carbocycles. The molecule has 1 amide bonds. The Kier molecular flexibility index (Phi) is 5.85. The van der Waals surface area contributed by atoms with Crippen LogP contribution < -0.4 is 5.32 Å². The van der Waals surface area contributed by atoms with Crippen LogP contribution in [-0.2, 0) is 0 Å². The summed E-state index contributed by atoms with van der Waals surface area (Å²) in [7, 11) is 0. The van der Waals surface area contributed by atoms with E-state index in [0.717, 1.165) is 4.47 Å². The number of carbonyl (C=O) groups is 1. The maximum Gasteiger partial charge on any atom is 0.257 e. The molecule has 2 aromatic rings. The van der Waals surface area contributed by atoms with Crippen LogP contribution in [0.3, 0.4) is 0 Å². The number of nitrogens with one attached hydrogen (secondary N) is 1. The fourth-order valence-corrected chi connectivity index (χ4v) is 2.37. The molecular formula is C15H12BrClN2OS. The molecule has 0 spiro atoms. The molecule has 0 saturated carbocycles. The molecule has 1 N–H and O–H groups in total. The van der Waals surface area contributed by atoms with E-state index in [2.05, 4.69) is 26.2 Å². The van der Waals surface area contributed by atoms with Crippen molar-refractivity contribution in [3.05, 3.63) is 63.6 Å². The Labute approximate surface area is 140 Å². The summed E-state index contributed by atoms with van der Waals surface area (Å²) < 4.78 is 0.925. The predicted molar refractivity (Wildman–Crippen MR) is 93.7 cm³/mol. The van der Waals surface area contributed by atoms with Gasteiger partial charge in [-0.3, -0.25) is 4.79 Å². The van der Waals surface area contributed by atoms with Crippen LogP contribution in [0.2, 0.25) is 5.02 Å². The molecule has 108 valence electrons. The highest BCUT2D eigenvalue weighted by atomic mass is 79.9. The summed E-state index contributed by atoms with van der Waals surface area (Å²) in [5.41, 5.74) is 1.19. The highest BCUT2D eigenvalue weighted by Crippen LogP contribution is 2.24. The van der Waals surface area contributed by atoms with Gasteiger partial charge in [0.05, 0.1) is 10.7 Å². The van der Waals surface area contributed by atoms with Gasteiger partial charge in [-0.2, -0.15) is 0 Å². The Bertz CT molecular complexity index is 674. The van der Waals surface area contributed by atoms with Crippen molar-refractivity contribution in [1.82, 2.24) is 5.32 Å². The maximum atomic E-state index is 12.1. The lowest BCUT2D eigenvalue weighted by Gasteiger charge is -2.07. The molecule has 0 aliphatic rings. The Morgan fingerprint density at radius 1 is 1.19 bits per heavy atom. The minimum Gasteiger partial charge on any atom is -0.301 e. The number of hydrogen-bond donors (Lipinski definition) is 1. The summed E-state index contributed by atoms with van der Waals surface area (Å²) in [6.45, 7) is 0. The van der Waals surface area contributed by atoms with Gasteiger partial charge in [-0.1, -0.05) is 51.4 Å². The van der Waals surface area contributed by atoms with Crippen LogP contribution in [0.4, 0.5) is 5.69 Å². The van der Waals surface area contributed by atoms with Crippen LogP contribution in [-0.4, -0.2) is 17.3 Å².